The van der Waals surface area contributed by atoms with E-state index >= 15 is 0 Å². The minimum absolute atomic E-state index is 0.253. The second-order valence-corrected chi connectivity index (χ2v) is 7.33. The zero-order valence-corrected chi connectivity index (χ0v) is 17.3. The molecule has 0 N–H and O–H groups in total. The Balaban J connectivity index is 1.26. The van der Waals surface area contributed by atoms with E-state index in [0.29, 0.717) is 32.7 Å². The van der Waals surface area contributed by atoms with Gasteiger partial charge in [-0.25, -0.2) is 9.59 Å². The van der Waals surface area contributed by atoms with Gasteiger partial charge in [-0.1, -0.05) is 54.6 Å². The summed E-state index contributed by atoms with van der Waals surface area (Å²) in [7, 11) is 0. The number of nitrogens with zero attached hydrogens (tertiary/aromatic N) is 1. The maximum Gasteiger partial charge on any atom is 0.349 e. The molecular formula is C25H25NO5. The van der Waals surface area contributed by atoms with E-state index in [-0.39, 0.29) is 6.61 Å². The van der Waals surface area contributed by atoms with Crippen LogP contribution in [0.3, 0.4) is 0 Å². The monoisotopic (exact) mass is 419 g/mol. The number of rotatable bonds is 7. The summed E-state index contributed by atoms with van der Waals surface area (Å²) in [6.45, 7) is 2.33. The van der Waals surface area contributed by atoms with Crippen LogP contribution in [0.2, 0.25) is 0 Å². The van der Waals surface area contributed by atoms with Crippen molar-refractivity contribution in [3.8, 4) is 11.1 Å². The fourth-order valence-electron chi connectivity index (χ4n) is 3.81. The predicted molar refractivity (Wildman–Crippen MR) is 117 cm³/mol. The quantitative estimate of drug-likeness (QED) is 0.505. The van der Waals surface area contributed by atoms with Crippen LogP contribution in [0, 0.1) is 0 Å². The molecule has 2 aromatic carbocycles. The van der Waals surface area contributed by atoms with Gasteiger partial charge in [-0.2, -0.15) is 0 Å². The highest BCUT2D eigenvalue weighted by atomic mass is 16.7. The maximum absolute atomic E-state index is 11.9. The fourth-order valence-corrected chi connectivity index (χ4v) is 3.81. The second-order valence-electron chi connectivity index (χ2n) is 7.33. The third-order valence-electron chi connectivity index (χ3n) is 5.32. The third kappa shape index (κ3) is 5.48. The number of benzene rings is 2. The van der Waals surface area contributed by atoms with E-state index in [1.807, 2.05) is 18.2 Å². The van der Waals surface area contributed by atoms with Crippen molar-refractivity contribution in [2.24, 2.45) is 0 Å². The summed E-state index contributed by atoms with van der Waals surface area (Å²) in [4.78, 5) is 28.8. The largest absolute Gasteiger partial charge is 0.462 e. The van der Waals surface area contributed by atoms with Crippen molar-refractivity contribution >= 4 is 17.5 Å². The molecule has 0 atom stereocenters. The molecule has 1 heterocycles. The summed E-state index contributed by atoms with van der Waals surface area (Å²) in [5, 5.41) is 1.52. The van der Waals surface area contributed by atoms with Gasteiger partial charge in [-0.15, -0.1) is 5.06 Å². The first-order valence-corrected chi connectivity index (χ1v) is 10.5. The molecule has 0 spiro atoms. The minimum atomic E-state index is -0.597. The number of allylic oxidation sites excluding steroid dienone is 1. The van der Waals surface area contributed by atoms with E-state index < -0.39 is 11.9 Å². The van der Waals surface area contributed by atoms with Gasteiger partial charge in [-0.05, 0) is 34.2 Å². The molecule has 160 valence electrons. The molecule has 2 aromatic rings. The number of hydrogen-bond donors (Lipinski definition) is 0. The molecule has 1 aliphatic heterocycles. The van der Waals surface area contributed by atoms with E-state index in [1.165, 1.54) is 32.9 Å². The SMILES string of the molecule is O=C(/C=C\C(=O)ON1CCOCC1)OCCC1=CCc2c1cccc2-c1ccccc1. The molecular weight excluding hydrogens is 394 g/mol. The van der Waals surface area contributed by atoms with Gasteiger partial charge in [0.05, 0.1) is 32.9 Å². The average Bonchev–Trinajstić information content (AvgIpc) is 3.22. The lowest BCUT2D eigenvalue weighted by Gasteiger charge is -2.24. The molecule has 0 bridgehead atoms. The molecule has 0 unspecified atom stereocenters. The molecule has 2 aliphatic rings. The summed E-state index contributed by atoms with van der Waals surface area (Å²) in [5.74, 6) is -1.16. The predicted octanol–water partition coefficient (Wildman–Crippen LogP) is 3.57. The number of hydroxylamine groups is 2. The second kappa shape index (κ2) is 10.2. The zero-order chi connectivity index (χ0) is 21.5. The Hall–Kier alpha value is -3.22. The topological polar surface area (TPSA) is 65.1 Å². The highest BCUT2D eigenvalue weighted by Gasteiger charge is 2.18. The van der Waals surface area contributed by atoms with Gasteiger partial charge in [0.25, 0.3) is 0 Å². The van der Waals surface area contributed by atoms with E-state index in [9.17, 15) is 9.59 Å². The van der Waals surface area contributed by atoms with Crippen LogP contribution in [0.25, 0.3) is 16.7 Å². The Morgan fingerprint density at radius 1 is 0.935 bits per heavy atom. The van der Waals surface area contributed by atoms with E-state index in [1.54, 1.807) is 0 Å². The van der Waals surface area contributed by atoms with E-state index in [2.05, 4.69) is 36.4 Å². The molecule has 31 heavy (non-hydrogen) atoms. The lowest BCUT2D eigenvalue weighted by Crippen LogP contribution is -2.37. The molecule has 6 nitrogen and oxygen atoms in total. The summed E-state index contributed by atoms with van der Waals surface area (Å²) in [5.41, 5.74) is 6.14. The van der Waals surface area contributed by atoms with Crippen molar-refractivity contribution in [3.63, 3.8) is 0 Å². The Labute approximate surface area is 181 Å². The van der Waals surface area contributed by atoms with Crippen LogP contribution in [-0.2, 0) is 30.3 Å². The highest BCUT2D eigenvalue weighted by molar-refractivity contribution is 5.91. The van der Waals surface area contributed by atoms with E-state index in [4.69, 9.17) is 14.3 Å². The van der Waals surface area contributed by atoms with Gasteiger partial charge in [0.15, 0.2) is 0 Å². The minimum Gasteiger partial charge on any atom is -0.462 e. The van der Waals surface area contributed by atoms with Gasteiger partial charge in [0, 0.05) is 18.6 Å². The summed E-state index contributed by atoms with van der Waals surface area (Å²) < 4.78 is 10.5. The molecule has 0 aromatic heterocycles. The van der Waals surface area contributed by atoms with Crippen LogP contribution in [0.1, 0.15) is 17.5 Å². The number of ether oxygens (including phenoxy) is 2. The van der Waals surface area contributed by atoms with Crippen molar-refractivity contribution in [1.82, 2.24) is 5.06 Å². The van der Waals surface area contributed by atoms with Gasteiger partial charge in [0.1, 0.15) is 0 Å². The number of carbonyl (C=O) groups is 2. The van der Waals surface area contributed by atoms with Crippen molar-refractivity contribution in [1.29, 1.82) is 0 Å². The van der Waals surface area contributed by atoms with Gasteiger partial charge < -0.3 is 14.3 Å². The Bertz CT molecular complexity index is 990. The standard InChI is InChI=1S/C25H25NO5/c27-24(11-12-25(28)31-26-14-17-29-18-15-26)30-16-13-20-9-10-23-21(7-4-8-22(20)23)19-5-2-1-3-6-19/h1-9,11-12H,10,13-18H2/b12-11-. The molecule has 1 aliphatic carbocycles. The molecule has 0 radical (unpaired) electrons. The molecule has 1 saturated heterocycles. The van der Waals surface area contributed by atoms with Crippen LogP contribution in [0.5, 0.6) is 0 Å². The first kappa shape index (κ1) is 21.0. The van der Waals surface area contributed by atoms with Crippen LogP contribution in [0.15, 0.2) is 66.8 Å². The smallest absolute Gasteiger partial charge is 0.349 e. The van der Waals surface area contributed by atoms with Gasteiger partial charge in [-0.3, -0.25) is 0 Å². The number of esters is 1. The highest BCUT2D eigenvalue weighted by Crippen LogP contribution is 2.36. The van der Waals surface area contributed by atoms with E-state index in [0.717, 1.165) is 18.6 Å². The Morgan fingerprint density at radius 2 is 1.68 bits per heavy atom. The first-order valence-electron chi connectivity index (χ1n) is 10.5. The summed E-state index contributed by atoms with van der Waals surface area (Å²) in [6, 6.07) is 16.7. The summed E-state index contributed by atoms with van der Waals surface area (Å²) >= 11 is 0. The maximum atomic E-state index is 11.9. The normalized spacial score (nSPS) is 16.1. The van der Waals surface area contributed by atoms with Crippen molar-refractivity contribution < 1.29 is 23.9 Å². The average molecular weight is 419 g/mol. The van der Waals surface area contributed by atoms with Gasteiger partial charge in [0.2, 0.25) is 0 Å². The number of carbonyl (C=O) groups excluding carboxylic acids is 2. The van der Waals surface area contributed by atoms with Crippen molar-refractivity contribution in [2.75, 3.05) is 32.9 Å². The molecule has 1 fully saturated rings. The number of morpholine rings is 1. The first-order chi connectivity index (χ1) is 15.2. The molecule has 0 saturated carbocycles. The Kier molecular flexibility index (Phi) is 6.92. The lowest BCUT2D eigenvalue weighted by atomic mass is 9.94. The molecule has 0 amide bonds. The number of hydrogen-bond acceptors (Lipinski definition) is 6. The van der Waals surface area contributed by atoms with Crippen LogP contribution < -0.4 is 0 Å². The number of fused-ring (bicyclic) bond motifs is 1. The Morgan fingerprint density at radius 3 is 2.48 bits per heavy atom. The zero-order valence-electron chi connectivity index (χ0n) is 17.3. The van der Waals surface area contributed by atoms with Crippen LogP contribution in [0.4, 0.5) is 0 Å². The van der Waals surface area contributed by atoms with Crippen LogP contribution >= 0.6 is 0 Å². The lowest BCUT2D eigenvalue weighted by molar-refractivity contribution is -0.199. The fraction of sp³-hybridized carbons (Fsp3) is 0.280. The van der Waals surface area contributed by atoms with Gasteiger partial charge >= 0.3 is 11.9 Å². The molecule has 4 rings (SSSR count). The van der Waals surface area contributed by atoms with Crippen molar-refractivity contribution in [3.05, 3.63) is 77.9 Å². The van der Waals surface area contributed by atoms with Crippen molar-refractivity contribution in [2.45, 2.75) is 12.8 Å². The summed E-state index contributed by atoms with van der Waals surface area (Å²) in [6.07, 6.45) is 5.89. The third-order valence-corrected chi connectivity index (χ3v) is 5.32. The molecule has 6 heteroatoms. The van der Waals surface area contributed by atoms with Crippen LogP contribution in [-0.4, -0.2) is 49.9 Å².